The van der Waals surface area contributed by atoms with Crippen molar-refractivity contribution in [2.24, 2.45) is 0 Å². The molecule has 28 heavy (non-hydrogen) atoms. The molecule has 4 nitrogen and oxygen atoms in total. The van der Waals surface area contributed by atoms with Crippen LogP contribution in [0.4, 0.5) is 4.39 Å². The minimum absolute atomic E-state index is 0.0830. The number of carbonyl (C=O) groups excluding carboxylic acids is 1. The average molecular weight is 395 g/mol. The summed E-state index contributed by atoms with van der Waals surface area (Å²) < 4.78 is 23.9. The van der Waals surface area contributed by atoms with Crippen LogP contribution < -0.4 is 10.4 Å². The van der Waals surface area contributed by atoms with Crippen LogP contribution in [0.2, 0.25) is 5.02 Å². The molecule has 1 aromatic heterocycles. The highest BCUT2D eigenvalue weighted by molar-refractivity contribution is 6.30. The van der Waals surface area contributed by atoms with Gasteiger partial charge in [-0.25, -0.2) is 14.0 Å². The summed E-state index contributed by atoms with van der Waals surface area (Å²) in [6.45, 7) is 0. The molecule has 138 valence electrons. The Kier molecular flexibility index (Phi) is 4.67. The Morgan fingerprint density at radius 1 is 0.964 bits per heavy atom. The number of benzene rings is 3. The van der Waals surface area contributed by atoms with Crippen LogP contribution in [0.15, 0.2) is 82.0 Å². The fourth-order valence-electron chi connectivity index (χ4n) is 2.77. The largest absolute Gasteiger partial charge is 0.423 e. The van der Waals surface area contributed by atoms with Crippen LogP contribution in [-0.4, -0.2) is 5.97 Å². The summed E-state index contributed by atoms with van der Waals surface area (Å²) in [6, 6.07) is 18.4. The first-order chi connectivity index (χ1) is 13.5. The molecule has 0 spiro atoms. The molecule has 0 saturated heterocycles. The number of ether oxygens (including phenoxy) is 1. The van der Waals surface area contributed by atoms with Crippen LogP contribution in [-0.2, 0) is 0 Å². The lowest BCUT2D eigenvalue weighted by Crippen LogP contribution is -2.09. The summed E-state index contributed by atoms with van der Waals surface area (Å²) in [5, 5.41) is 1.23. The topological polar surface area (TPSA) is 56.5 Å². The van der Waals surface area contributed by atoms with Crippen LogP contribution in [0.25, 0.3) is 22.1 Å². The Bertz CT molecular complexity index is 1250. The van der Waals surface area contributed by atoms with Gasteiger partial charge in [0.25, 0.3) is 0 Å². The summed E-state index contributed by atoms with van der Waals surface area (Å²) in [7, 11) is 0. The third-order valence-electron chi connectivity index (χ3n) is 4.13. The third-order valence-corrected chi connectivity index (χ3v) is 4.39. The molecular formula is C22H12ClFO4. The maximum Gasteiger partial charge on any atom is 0.344 e. The van der Waals surface area contributed by atoms with Gasteiger partial charge in [-0.05, 0) is 54.1 Å². The molecule has 0 fully saturated rings. The fraction of sp³-hybridized carbons (Fsp3) is 0. The Balaban J connectivity index is 1.66. The molecule has 0 unspecified atom stereocenters. The van der Waals surface area contributed by atoms with E-state index in [1.54, 1.807) is 42.5 Å². The van der Waals surface area contributed by atoms with Gasteiger partial charge >= 0.3 is 11.6 Å². The molecule has 0 radical (unpaired) electrons. The van der Waals surface area contributed by atoms with Gasteiger partial charge in [-0.15, -0.1) is 0 Å². The van der Waals surface area contributed by atoms with Gasteiger partial charge in [0.05, 0.1) is 11.1 Å². The maximum absolute atomic E-state index is 13.3. The Morgan fingerprint density at radius 3 is 2.50 bits per heavy atom. The van der Waals surface area contributed by atoms with Gasteiger partial charge in [0.1, 0.15) is 17.1 Å². The summed E-state index contributed by atoms with van der Waals surface area (Å²) in [5.74, 6) is -1.06. The zero-order chi connectivity index (χ0) is 19.7. The second-order valence-corrected chi connectivity index (χ2v) is 6.49. The van der Waals surface area contributed by atoms with E-state index in [-0.39, 0.29) is 16.9 Å². The molecule has 0 aliphatic rings. The summed E-state index contributed by atoms with van der Waals surface area (Å²) in [5.41, 5.74) is 0.908. The summed E-state index contributed by atoms with van der Waals surface area (Å²) in [6.07, 6.45) is 0. The van der Waals surface area contributed by atoms with Crippen LogP contribution in [0.5, 0.6) is 5.75 Å². The quantitative estimate of drug-likeness (QED) is 0.262. The van der Waals surface area contributed by atoms with Crippen molar-refractivity contribution >= 4 is 28.5 Å². The van der Waals surface area contributed by atoms with Gasteiger partial charge in [0.2, 0.25) is 0 Å². The Labute approximate surface area is 163 Å². The van der Waals surface area contributed by atoms with E-state index in [0.29, 0.717) is 21.5 Å². The molecule has 0 saturated carbocycles. The number of hydrogen-bond acceptors (Lipinski definition) is 4. The van der Waals surface area contributed by atoms with Crippen molar-refractivity contribution in [3.8, 4) is 16.9 Å². The first-order valence-corrected chi connectivity index (χ1v) is 8.69. The molecule has 6 heteroatoms. The number of rotatable bonds is 3. The van der Waals surface area contributed by atoms with Gasteiger partial charge in [0, 0.05) is 16.5 Å². The van der Waals surface area contributed by atoms with Crippen LogP contribution in [0.3, 0.4) is 0 Å². The summed E-state index contributed by atoms with van der Waals surface area (Å²) >= 11 is 5.88. The molecule has 1 heterocycles. The molecule has 0 bridgehead atoms. The lowest BCUT2D eigenvalue weighted by Gasteiger charge is -2.07. The van der Waals surface area contributed by atoms with E-state index in [0.717, 1.165) is 6.07 Å². The molecule has 4 aromatic rings. The third kappa shape index (κ3) is 3.66. The Morgan fingerprint density at radius 2 is 1.75 bits per heavy atom. The van der Waals surface area contributed by atoms with Crippen LogP contribution in [0.1, 0.15) is 10.4 Å². The minimum Gasteiger partial charge on any atom is -0.423 e. The standard InChI is InChI=1S/C22H12ClFO4/c23-16-7-4-13(5-8-16)19-11-14-6-9-18(12-20(14)28-22(19)26)27-21(25)15-2-1-3-17(24)10-15/h1-12H. The molecule has 4 rings (SSSR count). The van der Waals surface area contributed by atoms with Gasteiger partial charge in [-0.1, -0.05) is 29.8 Å². The second kappa shape index (κ2) is 7.29. The van der Waals surface area contributed by atoms with E-state index in [1.165, 1.54) is 24.3 Å². The molecule has 0 aliphatic heterocycles. The first-order valence-electron chi connectivity index (χ1n) is 8.31. The molecule has 0 atom stereocenters. The average Bonchev–Trinajstić information content (AvgIpc) is 2.68. The molecule has 0 amide bonds. The number of fused-ring (bicyclic) bond motifs is 1. The van der Waals surface area contributed by atoms with Crippen LogP contribution >= 0.6 is 11.6 Å². The van der Waals surface area contributed by atoms with Gasteiger partial charge in [-0.3, -0.25) is 0 Å². The molecular weight excluding hydrogens is 383 g/mol. The van der Waals surface area contributed by atoms with Crippen molar-refractivity contribution in [2.75, 3.05) is 0 Å². The van der Waals surface area contributed by atoms with Crippen molar-refractivity contribution in [1.29, 1.82) is 0 Å². The molecule has 3 aromatic carbocycles. The van der Waals surface area contributed by atoms with E-state index in [1.807, 2.05) is 0 Å². The van der Waals surface area contributed by atoms with Gasteiger partial charge in [-0.2, -0.15) is 0 Å². The number of hydrogen-bond donors (Lipinski definition) is 0. The van der Waals surface area contributed by atoms with Crippen molar-refractivity contribution in [1.82, 2.24) is 0 Å². The maximum atomic E-state index is 13.3. The lowest BCUT2D eigenvalue weighted by molar-refractivity contribution is 0.0734. The number of carbonyl (C=O) groups is 1. The van der Waals surface area contributed by atoms with Crippen LogP contribution in [0, 0.1) is 5.82 Å². The monoisotopic (exact) mass is 394 g/mol. The first kappa shape index (κ1) is 17.9. The predicted octanol–water partition coefficient (Wildman–Crippen LogP) is 5.47. The van der Waals surface area contributed by atoms with E-state index in [9.17, 15) is 14.0 Å². The van der Waals surface area contributed by atoms with E-state index >= 15 is 0 Å². The highest BCUT2D eigenvalue weighted by Crippen LogP contribution is 2.25. The zero-order valence-corrected chi connectivity index (χ0v) is 15.1. The predicted molar refractivity (Wildman–Crippen MR) is 104 cm³/mol. The minimum atomic E-state index is -0.709. The van der Waals surface area contributed by atoms with Gasteiger partial charge in [0.15, 0.2) is 0 Å². The Hall–Kier alpha value is -3.44. The smallest absolute Gasteiger partial charge is 0.344 e. The summed E-state index contributed by atoms with van der Waals surface area (Å²) in [4.78, 5) is 24.5. The molecule has 0 N–H and O–H groups in total. The second-order valence-electron chi connectivity index (χ2n) is 6.05. The lowest BCUT2D eigenvalue weighted by atomic mass is 10.1. The van der Waals surface area contributed by atoms with Crippen molar-refractivity contribution < 1.29 is 18.3 Å². The number of halogens is 2. The van der Waals surface area contributed by atoms with Crippen molar-refractivity contribution in [2.45, 2.75) is 0 Å². The zero-order valence-electron chi connectivity index (χ0n) is 14.3. The van der Waals surface area contributed by atoms with E-state index in [4.69, 9.17) is 20.8 Å². The van der Waals surface area contributed by atoms with Crippen molar-refractivity contribution in [3.05, 3.63) is 99.6 Å². The SMILES string of the molecule is O=C(Oc1ccc2cc(-c3ccc(Cl)cc3)c(=O)oc2c1)c1cccc(F)c1. The highest BCUT2D eigenvalue weighted by atomic mass is 35.5. The normalized spacial score (nSPS) is 10.8. The van der Waals surface area contributed by atoms with E-state index in [2.05, 4.69) is 0 Å². The van der Waals surface area contributed by atoms with Gasteiger partial charge < -0.3 is 9.15 Å². The van der Waals surface area contributed by atoms with E-state index < -0.39 is 17.4 Å². The highest BCUT2D eigenvalue weighted by Gasteiger charge is 2.12. The fourth-order valence-corrected chi connectivity index (χ4v) is 2.89. The van der Waals surface area contributed by atoms with Crippen molar-refractivity contribution in [3.63, 3.8) is 0 Å². The number of esters is 1. The molecule has 0 aliphatic carbocycles.